The number of hydrogen-bond acceptors (Lipinski definition) is 2. The number of carboxylic acid groups (broad SMARTS) is 1. The maximum Gasteiger partial charge on any atom is 0.323 e. The quantitative estimate of drug-likeness (QED) is 0.733. The van der Waals surface area contributed by atoms with Gasteiger partial charge in [-0.15, -0.1) is 0 Å². The summed E-state index contributed by atoms with van der Waals surface area (Å²) in [4.78, 5) is 11.2. The molecule has 0 bridgehead atoms. The van der Waals surface area contributed by atoms with Crippen LogP contribution < -0.4 is 5.32 Å². The average molecular weight is 227 g/mol. The minimum absolute atomic E-state index is 0.685. The topological polar surface area (TPSA) is 49.3 Å². The molecule has 16 heavy (non-hydrogen) atoms. The second-order valence-electron chi connectivity index (χ2n) is 5.27. The van der Waals surface area contributed by atoms with E-state index in [1.165, 1.54) is 32.1 Å². The lowest BCUT2D eigenvalue weighted by molar-refractivity contribution is -0.144. The number of hydrogen-bond donors (Lipinski definition) is 2. The molecule has 1 fully saturated rings. The highest BCUT2D eigenvalue weighted by Crippen LogP contribution is 2.24. The minimum atomic E-state index is -0.730. The average Bonchev–Trinajstić information content (AvgIpc) is 2.28. The lowest BCUT2D eigenvalue weighted by Gasteiger charge is -2.30. The highest BCUT2D eigenvalue weighted by atomic mass is 16.4. The molecular weight excluding hydrogens is 202 g/mol. The van der Waals surface area contributed by atoms with Crippen LogP contribution in [0.4, 0.5) is 0 Å². The predicted octanol–water partition coefficient (Wildman–Crippen LogP) is 2.80. The Kier molecular flexibility index (Phi) is 5.26. The van der Waals surface area contributed by atoms with Crippen LogP contribution in [0.2, 0.25) is 0 Å². The molecule has 0 heterocycles. The Morgan fingerprint density at radius 2 is 2.00 bits per heavy atom. The first-order chi connectivity index (χ1) is 7.58. The van der Waals surface area contributed by atoms with Gasteiger partial charge in [0.2, 0.25) is 0 Å². The largest absolute Gasteiger partial charge is 0.480 e. The molecule has 0 aromatic rings. The van der Waals surface area contributed by atoms with Crippen LogP contribution >= 0.6 is 0 Å². The summed E-state index contributed by atoms with van der Waals surface area (Å²) in [6.07, 6.45) is 8.09. The van der Waals surface area contributed by atoms with Gasteiger partial charge < -0.3 is 10.4 Å². The first-order valence-electron chi connectivity index (χ1n) is 6.57. The lowest BCUT2D eigenvalue weighted by atomic mass is 9.88. The van der Waals surface area contributed by atoms with E-state index in [9.17, 15) is 9.90 Å². The molecule has 1 saturated carbocycles. The van der Waals surface area contributed by atoms with Crippen molar-refractivity contribution in [1.82, 2.24) is 5.32 Å². The monoisotopic (exact) mass is 227 g/mol. The Balaban J connectivity index is 2.39. The van der Waals surface area contributed by atoms with Crippen molar-refractivity contribution in [1.29, 1.82) is 0 Å². The molecule has 94 valence electrons. The molecule has 0 aromatic heterocycles. The summed E-state index contributed by atoms with van der Waals surface area (Å²) in [6.45, 7) is 4.70. The Morgan fingerprint density at radius 1 is 1.38 bits per heavy atom. The third-order valence-corrected chi connectivity index (χ3v) is 3.73. The first-order valence-corrected chi connectivity index (χ1v) is 6.57. The molecule has 2 N–H and O–H groups in total. The van der Waals surface area contributed by atoms with E-state index >= 15 is 0 Å². The fourth-order valence-corrected chi connectivity index (χ4v) is 2.53. The molecule has 3 nitrogen and oxygen atoms in total. The van der Waals surface area contributed by atoms with Gasteiger partial charge in [-0.05, 0) is 38.6 Å². The molecule has 1 atom stereocenters. The van der Waals surface area contributed by atoms with Crippen molar-refractivity contribution in [2.75, 3.05) is 6.54 Å². The van der Waals surface area contributed by atoms with E-state index in [0.29, 0.717) is 12.3 Å². The Morgan fingerprint density at radius 3 is 2.50 bits per heavy atom. The van der Waals surface area contributed by atoms with E-state index in [-0.39, 0.29) is 0 Å². The maximum absolute atomic E-state index is 11.2. The van der Waals surface area contributed by atoms with E-state index in [1.807, 2.05) is 13.8 Å². The van der Waals surface area contributed by atoms with Crippen molar-refractivity contribution in [3.05, 3.63) is 0 Å². The third kappa shape index (κ3) is 3.78. The van der Waals surface area contributed by atoms with Gasteiger partial charge in [-0.1, -0.05) is 32.6 Å². The van der Waals surface area contributed by atoms with Gasteiger partial charge >= 0.3 is 5.97 Å². The van der Waals surface area contributed by atoms with Crippen LogP contribution in [0.3, 0.4) is 0 Å². The highest BCUT2D eigenvalue weighted by molar-refractivity contribution is 5.78. The summed E-state index contributed by atoms with van der Waals surface area (Å²) in [5.41, 5.74) is -0.730. The van der Waals surface area contributed by atoms with E-state index in [4.69, 9.17) is 0 Å². The number of carboxylic acids is 1. The predicted molar refractivity (Wildman–Crippen MR) is 65.5 cm³/mol. The van der Waals surface area contributed by atoms with E-state index in [2.05, 4.69) is 5.32 Å². The van der Waals surface area contributed by atoms with Crippen molar-refractivity contribution < 1.29 is 9.90 Å². The number of rotatable bonds is 6. The zero-order chi connectivity index (χ0) is 12.0. The standard InChI is InChI=1S/C13H25NO2/c1-3-9-13(2,12(15)16)14-10-11-7-5-4-6-8-11/h11,14H,3-10H2,1-2H3,(H,15,16). The number of carbonyl (C=O) groups is 1. The minimum Gasteiger partial charge on any atom is -0.480 e. The molecule has 1 rings (SSSR count). The summed E-state index contributed by atoms with van der Waals surface area (Å²) in [5, 5.41) is 12.5. The molecule has 0 saturated heterocycles. The number of aliphatic carboxylic acids is 1. The molecule has 1 unspecified atom stereocenters. The number of nitrogens with one attached hydrogen (secondary N) is 1. The highest BCUT2D eigenvalue weighted by Gasteiger charge is 2.32. The molecule has 1 aliphatic carbocycles. The second-order valence-corrected chi connectivity index (χ2v) is 5.27. The summed E-state index contributed by atoms with van der Waals surface area (Å²) < 4.78 is 0. The van der Waals surface area contributed by atoms with Crippen LogP contribution in [-0.4, -0.2) is 23.2 Å². The first kappa shape index (κ1) is 13.5. The summed E-state index contributed by atoms with van der Waals surface area (Å²) in [7, 11) is 0. The lowest BCUT2D eigenvalue weighted by Crippen LogP contribution is -2.51. The van der Waals surface area contributed by atoms with Crippen LogP contribution in [-0.2, 0) is 4.79 Å². The van der Waals surface area contributed by atoms with Gasteiger partial charge in [0.1, 0.15) is 5.54 Å². The van der Waals surface area contributed by atoms with Gasteiger partial charge in [-0.25, -0.2) is 0 Å². The zero-order valence-electron chi connectivity index (χ0n) is 10.6. The smallest absolute Gasteiger partial charge is 0.323 e. The molecule has 0 aliphatic heterocycles. The van der Waals surface area contributed by atoms with Gasteiger partial charge in [-0.2, -0.15) is 0 Å². The van der Waals surface area contributed by atoms with Crippen molar-refractivity contribution in [3.63, 3.8) is 0 Å². The van der Waals surface area contributed by atoms with Crippen LogP contribution in [0.1, 0.15) is 58.8 Å². The van der Waals surface area contributed by atoms with Crippen LogP contribution in [0.5, 0.6) is 0 Å². The summed E-state index contributed by atoms with van der Waals surface area (Å²) in [6, 6.07) is 0. The molecule has 0 radical (unpaired) electrons. The molecule has 0 spiro atoms. The van der Waals surface area contributed by atoms with Crippen molar-refractivity contribution >= 4 is 5.97 Å². The SMILES string of the molecule is CCCC(C)(NCC1CCCCC1)C(=O)O. The fraction of sp³-hybridized carbons (Fsp3) is 0.923. The van der Waals surface area contributed by atoms with E-state index in [0.717, 1.165) is 13.0 Å². The van der Waals surface area contributed by atoms with Gasteiger partial charge in [0.15, 0.2) is 0 Å². The molecule has 0 aromatic carbocycles. The van der Waals surface area contributed by atoms with Crippen LogP contribution in [0.15, 0.2) is 0 Å². The fourth-order valence-electron chi connectivity index (χ4n) is 2.53. The van der Waals surface area contributed by atoms with Gasteiger partial charge in [-0.3, -0.25) is 4.79 Å². The van der Waals surface area contributed by atoms with Crippen LogP contribution in [0, 0.1) is 5.92 Å². The normalized spacial score (nSPS) is 21.6. The molecule has 0 amide bonds. The van der Waals surface area contributed by atoms with Gasteiger partial charge in [0, 0.05) is 0 Å². The maximum atomic E-state index is 11.2. The summed E-state index contributed by atoms with van der Waals surface area (Å²) >= 11 is 0. The third-order valence-electron chi connectivity index (χ3n) is 3.73. The van der Waals surface area contributed by atoms with E-state index < -0.39 is 11.5 Å². The molecular formula is C13H25NO2. The Bertz CT molecular complexity index is 224. The zero-order valence-corrected chi connectivity index (χ0v) is 10.6. The Labute approximate surface area is 98.6 Å². The van der Waals surface area contributed by atoms with Crippen molar-refractivity contribution in [3.8, 4) is 0 Å². The second kappa shape index (κ2) is 6.24. The van der Waals surface area contributed by atoms with Gasteiger partial charge in [0.25, 0.3) is 0 Å². The van der Waals surface area contributed by atoms with E-state index in [1.54, 1.807) is 0 Å². The van der Waals surface area contributed by atoms with Gasteiger partial charge in [0.05, 0.1) is 0 Å². The summed E-state index contributed by atoms with van der Waals surface area (Å²) in [5.74, 6) is -0.0329. The molecule has 1 aliphatic rings. The van der Waals surface area contributed by atoms with Crippen LogP contribution in [0.25, 0.3) is 0 Å². The van der Waals surface area contributed by atoms with Crippen molar-refractivity contribution in [2.45, 2.75) is 64.3 Å². The van der Waals surface area contributed by atoms with Crippen molar-refractivity contribution in [2.24, 2.45) is 5.92 Å². The molecule has 3 heteroatoms. The Hall–Kier alpha value is -0.570.